The van der Waals surface area contributed by atoms with Gasteiger partial charge in [0.05, 0.1) is 0 Å². The summed E-state index contributed by atoms with van der Waals surface area (Å²) >= 11 is 9.56. The van der Waals surface area contributed by atoms with Crippen molar-refractivity contribution in [2.45, 2.75) is 90.4 Å². The molecule has 4 heteroatoms. The number of nitrogens with two attached hydrogens (primary N) is 1. The first-order valence-electron chi connectivity index (χ1n) is 9.94. The smallest absolute Gasteiger partial charge is 0.0708 e. The SMILES string of the molecule is CCCCCCCCCCCCCCc1cccc[c]1[Zn+].NC(=S)[S-]. The minimum absolute atomic E-state index is 0.0833. The first-order valence-corrected chi connectivity index (χ1v) is 12.2. The van der Waals surface area contributed by atoms with Gasteiger partial charge in [-0.3, -0.25) is 0 Å². The van der Waals surface area contributed by atoms with Gasteiger partial charge in [-0.1, -0.05) is 30.5 Å². The second kappa shape index (κ2) is 18.7. The van der Waals surface area contributed by atoms with Crippen molar-refractivity contribution >= 4 is 33.3 Å². The molecule has 1 aromatic rings. The Hall–Kier alpha value is -0.0466. The molecule has 0 saturated carbocycles. The van der Waals surface area contributed by atoms with Crippen LogP contribution in [0.4, 0.5) is 0 Å². The predicted octanol–water partition coefficient (Wildman–Crippen LogP) is 5.88. The van der Waals surface area contributed by atoms with E-state index in [2.05, 4.69) is 61.8 Å². The third kappa shape index (κ3) is 18.5. The van der Waals surface area contributed by atoms with Crippen LogP contribution in [0.2, 0.25) is 0 Å². The molecule has 0 unspecified atom stereocenters. The quantitative estimate of drug-likeness (QED) is 0.183. The summed E-state index contributed by atoms with van der Waals surface area (Å²) in [7, 11) is 0. The normalized spacial score (nSPS) is 10.2. The molecule has 0 fully saturated rings. The van der Waals surface area contributed by atoms with Crippen molar-refractivity contribution in [3.05, 3.63) is 29.8 Å². The molecule has 2 N–H and O–H groups in total. The van der Waals surface area contributed by atoms with Gasteiger partial charge in [0.25, 0.3) is 0 Å². The van der Waals surface area contributed by atoms with Crippen LogP contribution in [-0.2, 0) is 37.4 Å². The fourth-order valence-electron chi connectivity index (χ4n) is 2.96. The molecule has 0 aliphatic heterocycles. The van der Waals surface area contributed by atoms with Crippen LogP contribution in [-0.4, -0.2) is 4.32 Å². The molecular weight excluding hydrogens is 396 g/mol. The number of rotatable bonds is 13. The Labute approximate surface area is 177 Å². The van der Waals surface area contributed by atoms with Gasteiger partial charge in [0.1, 0.15) is 0 Å². The van der Waals surface area contributed by atoms with Crippen molar-refractivity contribution in [1.29, 1.82) is 0 Å². The van der Waals surface area contributed by atoms with Crippen LogP contribution < -0.4 is 9.89 Å². The fraction of sp³-hybridized carbons (Fsp3) is 0.667. The second-order valence-corrected chi connectivity index (χ2v) is 9.46. The second-order valence-electron chi connectivity index (χ2n) is 6.73. The van der Waals surface area contributed by atoms with Crippen LogP contribution in [0.25, 0.3) is 0 Å². The first-order chi connectivity index (χ1) is 12.1. The Morgan fingerprint density at radius 1 is 0.880 bits per heavy atom. The zero-order chi connectivity index (χ0) is 18.8. The van der Waals surface area contributed by atoms with Gasteiger partial charge in [-0.05, 0) is 0 Å². The monoisotopic (exact) mass is 429 g/mol. The van der Waals surface area contributed by atoms with E-state index in [4.69, 9.17) is 0 Å². The molecule has 0 spiro atoms. The van der Waals surface area contributed by atoms with Gasteiger partial charge >= 0.3 is 116 Å². The molecule has 1 rings (SSSR count). The summed E-state index contributed by atoms with van der Waals surface area (Å²) in [6, 6.07) is 8.97. The molecule has 0 aromatic heterocycles. The Balaban J connectivity index is 0.00000129. The zero-order valence-corrected chi connectivity index (χ0v) is 20.7. The Morgan fingerprint density at radius 3 is 1.72 bits per heavy atom. The van der Waals surface area contributed by atoms with Crippen molar-refractivity contribution in [1.82, 2.24) is 0 Å². The van der Waals surface area contributed by atoms with Crippen LogP contribution in [0.1, 0.15) is 89.5 Å². The minimum atomic E-state index is 0.0833. The van der Waals surface area contributed by atoms with Gasteiger partial charge in [-0.25, -0.2) is 0 Å². The van der Waals surface area contributed by atoms with E-state index in [1.165, 1.54) is 102 Å². The van der Waals surface area contributed by atoms with Crippen molar-refractivity contribution in [2.75, 3.05) is 0 Å². The molecule has 0 amide bonds. The van der Waals surface area contributed by atoms with E-state index in [-0.39, 0.29) is 4.32 Å². The van der Waals surface area contributed by atoms with E-state index in [9.17, 15) is 0 Å². The number of hydrogen-bond donors (Lipinski definition) is 1. The summed E-state index contributed by atoms with van der Waals surface area (Å²) in [5.41, 5.74) is 6.26. The summed E-state index contributed by atoms with van der Waals surface area (Å²) in [5.74, 6) is 0. The molecule has 0 radical (unpaired) electrons. The third-order valence-electron chi connectivity index (χ3n) is 4.42. The molecule has 1 aromatic carbocycles. The molecule has 0 saturated heterocycles. The van der Waals surface area contributed by atoms with Crippen molar-refractivity contribution in [3.63, 3.8) is 0 Å². The van der Waals surface area contributed by atoms with Gasteiger partial charge < -0.3 is 30.6 Å². The summed E-state index contributed by atoms with van der Waals surface area (Å²) in [5, 5.41) is 0. The van der Waals surface area contributed by atoms with Crippen LogP contribution in [0.15, 0.2) is 24.3 Å². The summed E-state index contributed by atoms with van der Waals surface area (Å²) in [6.07, 6.45) is 18.6. The Morgan fingerprint density at radius 2 is 1.28 bits per heavy atom. The van der Waals surface area contributed by atoms with Crippen molar-refractivity contribution < 1.29 is 18.3 Å². The summed E-state index contributed by atoms with van der Waals surface area (Å²) < 4.78 is 1.67. The van der Waals surface area contributed by atoms with E-state index in [0.29, 0.717) is 0 Å². The van der Waals surface area contributed by atoms with Crippen LogP contribution in [0, 0.1) is 0 Å². The van der Waals surface area contributed by atoms with E-state index in [0.717, 1.165) is 0 Å². The van der Waals surface area contributed by atoms with Crippen molar-refractivity contribution in [2.24, 2.45) is 5.73 Å². The maximum atomic E-state index is 4.66. The Kier molecular flexibility index (Phi) is 18.7. The summed E-state index contributed by atoms with van der Waals surface area (Å²) in [4.78, 5) is 0. The largest absolute Gasteiger partial charge is 0.415 e. The predicted molar refractivity (Wildman–Crippen MR) is 115 cm³/mol. The van der Waals surface area contributed by atoms with E-state index < -0.39 is 0 Å². The van der Waals surface area contributed by atoms with Crippen LogP contribution in [0.5, 0.6) is 0 Å². The maximum Gasteiger partial charge on any atom is -0.0708 e. The molecular formula is C21H35NS2Zn. The molecule has 25 heavy (non-hydrogen) atoms. The van der Waals surface area contributed by atoms with Gasteiger partial charge in [0.2, 0.25) is 0 Å². The standard InChI is InChI=1S/C20H33.CH3NS2.Zn/c1-2-3-4-5-6-7-8-9-10-11-12-14-17-20-18-15-13-16-19-20;2-1(3)4;/h13,15-16,18H,2-12,14,17H2,1H3;(H3,2,3,4);/q;;+1/p-1. The van der Waals surface area contributed by atoms with Gasteiger partial charge in [-0.15, -0.1) is 0 Å². The molecule has 0 atom stereocenters. The Bertz CT molecular complexity index is 434. The van der Waals surface area contributed by atoms with Crippen LogP contribution in [0.3, 0.4) is 0 Å². The molecule has 0 heterocycles. The van der Waals surface area contributed by atoms with Gasteiger partial charge in [-0.2, -0.15) is 0 Å². The maximum absolute atomic E-state index is 4.66. The van der Waals surface area contributed by atoms with E-state index in [1.807, 2.05) is 0 Å². The van der Waals surface area contributed by atoms with Crippen LogP contribution >= 0.6 is 12.2 Å². The number of hydrogen-bond acceptors (Lipinski definition) is 2. The minimum Gasteiger partial charge on any atom is -0.415 e. The number of benzene rings is 1. The zero-order valence-electron chi connectivity index (χ0n) is 16.1. The molecule has 0 bridgehead atoms. The molecule has 138 valence electrons. The summed E-state index contributed by atoms with van der Waals surface area (Å²) in [6.45, 7) is 2.29. The number of unbranched alkanes of at least 4 members (excludes halogenated alkanes) is 11. The molecule has 1 nitrogen and oxygen atoms in total. The average molecular weight is 431 g/mol. The average Bonchev–Trinajstić information content (AvgIpc) is 2.57. The van der Waals surface area contributed by atoms with E-state index >= 15 is 0 Å². The third-order valence-corrected chi connectivity index (χ3v) is 5.87. The van der Waals surface area contributed by atoms with Gasteiger partial charge in [0.15, 0.2) is 0 Å². The number of thiocarbonyl (C=S) groups is 1. The molecule has 0 aliphatic carbocycles. The number of aryl methyl sites for hydroxylation is 1. The van der Waals surface area contributed by atoms with Crippen molar-refractivity contribution in [3.8, 4) is 0 Å². The topological polar surface area (TPSA) is 26.0 Å². The fourth-order valence-corrected chi connectivity index (χ4v) is 3.86. The first kappa shape index (κ1) is 25.0. The van der Waals surface area contributed by atoms with E-state index in [1.54, 1.807) is 9.72 Å². The molecule has 0 aliphatic rings. The van der Waals surface area contributed by atoms with Gasteiger partial charge in [0, 0.05) is 0 Å².